The number of hydrogen-bond acceptors (Lipinski definition) is 3. The average molecular weight is 619 g/mol. The number of anilines is 1. The van der Waals surface area contributed by atoms with Gasteiger partial charge in [0.05, 0.1) is 0 Å². The average Bonchev–Trinajstić information content (AvgIpc) is 3.27. The molecule has 0 aliphatic carbocycles. The van der Waals surface area contributed by atoms with Crippen molar-refractivity contribution in [3.63, 3.8) is 0 Å². The van der Waals surface area contributed by atoms with E-state index in [1.807, 2.05) is 11.8 Å². The molecule has 0 saturated carbocycles. The van der Waals surface area contributed by atoms with E-state index in [9.17, 15) is 17.3 Å². The van der Waals surface area contributed by atoms with Crippen molar-refractivity contribution in [1.29, 1.82) is 0 Å². The molecule has 0 N–H and O–H groups in total. The summed E-state index contributed by atoms with van der Waals surface area (Å²) in [6, 6.07) is 25.6. The van der Waals surface area contributed by atoms with E-state index in [0.717, 1.165) is 0 Å². The Bertz CT molecular complexity index is 1070. The summed E-state index contributed by atoms with van der Waals surface area (Å²) < 4.78 is 39.0. The van der Waals surface area contributed by atoms with Crippen LogP contribution in [0.15, 0.2) is 90.1 Å². The molecule has 0 bridgehead atoms. The molecule has 2 nitrogen and oxygen atoms in total. The first kappa shape index (κ1) is 32.8. The quantitative estimate of drug-likeness (QED) is 0.160. The number of benzene rings is 3. The van der Waals surface area contributed by atoms with E-state index in [1.54, 1.807) is 0 Å². The Kier molecular flexibility index (Phi) is 14.1. The Morgan fingerprint density at radius 1 is 0.838 bits per heavy atom. The van der Waals surface area contributed by atoms with E-state index in [1.165, 1.54) is 39.3 Å². The van der Waals surface area contributed by atoms with E-state index >= 15 is 0 Å². The minimum absolute atomic E-state index is 0. The van der Waals surface area contributed by atoms with Crippen LogP contribution in [0.25, 0.3) is 0 Å². The van der Waals surface area contributed by atoms with Crippen molar-refractivity contribution in [2.45, 2.75) is 31.0 Å². The fraction of sp³-hybridized carbons (Fsp3) is 0.143. The van der Waals surface area contributed by atoms with Crippen LogP contribution >= 0.6 is 11.8 Å². The minimum Gasteiger partial charge on any atom is -0.418 e. The van der Waals surface area contributed by atoms with Gasteiger partial charge in [0.25, 0.3) is 0 Å². The van der Waals surface area contributed by atoms with Crippen molar-refractivity contribution in [2.75, 3.05) is 4.90 Å². The summed E-state index contributed by atoms with van der Waals surface area (Å²) in [5, 5.41) is 0.121. The molecule has 1 aliphatic rings. The first-order valence-corrected chi connectivity index (χ1v) is 12.1. The number of halogens is 4. The van der Waals surface area contributed by atoms with Gasteiger partial charge in [-0.3, -0.25) is 0 Å². The van der Waals surface area contributed by atoms with E-state index in [0.29, 0.717) is 0 Å². The van der Waals surface area contributed by atoms with E-state index in [2.05, 4.69) is 136 Å². The zero-order valence-corrected chi connectivity index (χ0v) is 23.2. The SMILES string of the molecule is Cc1cc(C)c(N2[C]N(C(Sc3ccccc3)c3ccccc3)C=C2)c(C)c1.F[B-](F)(F)F.[CH2][CH][CH2].[Pd+2]. The molecule has 1 aliphatic heterocycles. The Balaban J connectivity index is 0.000000671. The molecule has 3 aromatic carbocycles. The molecule has 1 unspecified atom stereocenters. The van der Waals surface area contributed by atoms with Crippen molar-refractivity contribution in [1.82, 2.24) is 4.90 Å². The number of hydrogen-bond donors (Lipinski definition) is 0. The predicted molar refractivity (Wildman–Crippen MR) is 144 cm³/mol. The smallest absolute Gasteiger partial charge is 0.418 e. The second-order valence-corrected chi connectivity index (χ2v) is 9.05. The Morgan fingerprint density at radius 2 is 1.30 bits per heavy atom. The summed E-state index contributed by atoms with van der Waals surface area (Å²) >= 11 is 1.83. The third kappa shape index (κ3) is 11.4. The zero-order chi connectivity index (χ0) is 26.7. The summed E-state index contributed by atoms with van der Waals surface area (Å²) in [5.41, 5.74) is 6.29. The summed E-state index contributed by atoms with van der Waals surface area (Å²) in [4.78, 5) is 5.53. The second kappa shape index (κ2) is 15.9. The van der Waals surface area contributed by atoms with Crippen LogP contribution in [0.2, 0.25) is 0 Å². The fourth-order valence-corrected chi connectivity index (χ4v) is 4.76. The van der Waals surface area contributed by atoms with Gasteiger partial charge < -0.3 is 27.1 Å². The van der Waals surface area contributed by atoms with Crippen LogP contribution in [0.5, 0.6) is 0 Å². The van der Waals surface area contributed by atoms with Gasteiger partial charge in [0.15, 0.2) is 0 Å². The maximum absolute atomic E-state index is 9.75. The molecule has 37 heavy (non-hydrogen) atoms. The predicted octanol–water partition coefficient (Wildman–Crippen LogP) is 8.85. The van der Waals surface area contributed by atoms with Gasteiger partial charge in [-0.2, -0.15) is 0 Å². The summed E-state index contributed by atoms with van der Waals surface area (Å²) in [7, 11) is -6.00. The van der Waals surface area contributed by atoms with Gasteiger partial charge in [-0.1, -0.05) is 78.0 Å². The third-order valence-electron chi connectivity index (χ3n) is 4.80. The number of thioether (sulfide) groups is 1. The normalized spacial score (nSPS) is 13.1. The summed E-state index contributed by atoms with van der Waals surface area (Å²) in [5.74, 6) is 0. The molecular formula is C28H29BF4N2PdS+. The molecule has 0 spiro atoms. The topological polar surface area (TPSA) is 6.48 Å². The number of nitrogens with zero attached hydrogens (tertiary/aromatic N) is 2. The van der Waals surface area contributed by atoms with Crippen LogP contribution in [0, 0.1) is 47.7 Å². The van der Waals surface area contributed by atoms with Crippen LogP contribution in [-0.4, -0.2) is 12.2 Å². The monoisotopic (exact) mass is 618 g/mol. The maximum Gasteiger partial charge on any atom is 2.00 e. The molecule has 5 radical (unpaired) electrons. The Hall–Kier alpha value is -2.20. The first-order valence-electron chi connectivity index (χ1n) is 11.2. The zero-order valence-electron chi connectivity index (χ0n) is 20.9. The van der Waals surface area contributed by atoms with Gasteiger partial charge >= 0.3 is 27.7 Å². The van der Waals surface area contributed by atoms with Crippen molar-refractivity contribution in [2.24, 2.45) is 0 Å². The molecule has 9 heteroatoms. The molecule has 1 heterocycles. The Labute approximate surface area is 236 Å². The minimum atomic E-state index is -6.00. The van der Waals surface area contributed by atoms with E-state index in [-0.39, 0.29) is 25.8 Å². The van der Waals surface area contributed by atoms with Gasteiger partial charge in [-0.05, 0) is 69.9 Å². The summed E-state index contributed by atoms with van der Waals surface area (Å²) in [6.45, 7) is 16.5. The molecule has 0 fully saturated rings. The molecule has 4 rings (SSSR count). The first-order chi connectivity index (χ1) is 17.0. The van der Waals surface area contributed by atoms with E-state index < -0.39 is 7.25 Å². The Morgan fingerprint density at radius 3 is 1.78 bits per heavy atom. The standard InChI is InChI=1S/C25H24N2S.C3H5.BF4.Pd/c1-19-16-20(2)24(21(3)17-19)26-14-15-27(18-26)25(22-10-6-4-7-11-22)28-23-12-8-5-9-13-23;1-3-2;2-1(3,4)5;/h4-17,25H,1-3H3;3H,1-2H2;;/q;;-1;+2. The molecule has 0 aromatic heterocycles. The van der Waals surface area contributed by atoms with Crippen molar-refractivity contribution < 1.29 is 37.7 Å². The van der Waals surface area contributed by atoms with Crippen LogP contribution < -0.4 is 4.90 Å². The second-order valence-electron chi connectivity index (χ2n) is 7.90. The molecule has 0 saturated heterocycles. The van der Waals surface area contributed by atoms with Gasteiger partial charge in [0.1, 0.15) is 5.37 Å². The van der Waals surface area contributed by atoms with Gasteiger partial charge in [0, 0.05) is 23.0 Å². The van der Waals surface area contributed by atoms with E-state index in [4.69, 9.17) is 0 Å². The molecule has 3 aromatic rings. The van der Waals surface area contributed by atoms with Crippen LogP contribution in [0.4, 0.5) is 23.0 Å². The number of rotatable bonds is 5. The molecular weight excluding hydrogens is 590 g/mol. The molecule has 197 valence electrons. The largest absolute Gasteiger partial charge is 2.00 e. The van der Waals surface area contributed by atoms with Crippen molar-refractivity contribution in [3.8, 4) is 0 Å². The van der Waals surface area contributed by atoms with Gasteiger partial charge in [-0.25, -0.2) is 0 Å². The van der Waals surface area contributed by atoms with Crippen molar-refractivity contribution in [3.05, 3.63) is 134 Å². The van der Waals surface area contributed by atoms with Gasteiger partial charge in [-0.15, -0.1) is 0 Å². The fourth-order valence-electron chi connectivity index (χ4n) is 3.67. The van der Waals surface area contributed by atoms with Crippen LogP contribution in [0.1, 0.15) is 27.6 Å². The van der Waals surface area contributed by atoms with Crippen LogP contribution in [0.3, 0.4) is 0 Å². The molecule has 1 atom stereocenters. The van der Waals surface area contributed by atoms with Crippen molar-refractivity contribution >= 4 is 24.7 Å². The van der Waals surface area contributed by atoms with Crippen LogP contribution in [-0.2, 0) is 20.4 Å². The van der Waals surface area contributed by atoms with Gasteiger partial charge in [0.2, 0.25) is 6.67 Å². The summed E-state index contributed by atoms with van der Waals surface area (Å²) in [6.07, 6.45) is 5.72. The molecule has 0 amide bonds. The number of aryl methyl sites for hydroxylation is 3. The third-order valence-corrected chi connectivity index (χ3v) is 6.07. The maximum atomic E-state index is 9.75.